The number of allylic oxidation sites excluding steroid dienone is 3. The van der Waals surface area contributed by atoms with Gasteiger partial charge in [-0.2, -0.15) is 26.3 Å². The number of halogens is 7. The van der Waals surface area contributed by atoms with E-state index in [1.807, 2.05) is 4.90 Å². The molecule has 16 heteroatoms. The molecular formula is C33H34F7N7O2. The maximum absolute atomic E-state index is 14.2. The Bertz CT molecular complexity index is 1730. The largest absolute Gasteiger partial charge is 0.417 e. The Morgan fingerprint density at radius 2 is 1.82 bits per heavy atom. The fraction of sp³-hybridized carbons (Fsp3) is 0.424. The molecule has 4 heterocycles. The van der Waals surface area contributed by atoms with E-state index < -0.39 is 78.4 Å². The Balaban J connectivity index is 1.41. The van der Waals surface area contributed by atoms with Crippen molar-refractivity contribution in [1.29, 1.82) is 0 Å². The first-order valence-electron chi connectivity index (χ1n) is 15.5. The van der Waals surface area contributed by atoms with Gasteiger partial charge in [-0.1, -0.05) is 24.8 Å². The van der Waals surface area contributed by atoms with Crippen molar-refractivity contribution >= 4 is 23.7 Å². The Kier molecular flexibility index (Phi) is 9.89. The highest BCUT2D eigenvalue weighted by atomic mass is 19.4. The molecule has 0 aliphatic carbocycles. The monoisotopic (exact) mass is 693 g/mol. The van der Waals surface area contributed by atoms with E-state index in [4.69, 9.17) is 5.73 Å². The number of hydrogen-bond donors (Lipinski definition) is 1. The maximum atomic E-state index is 14.2. The van der Waals surface area contributed by atoms with Crippen LogP contribution in [0.15, 0.2) is 65.6 Å². The van der Waals surface area contributed by atoms with Gasteiger partial charge in [-0.15, -0.1) is 0 Å². The molecular weight excluding hydrogens is 659 g/mol. The van der Waals surface area contributed by atoms with Crippen LogP contribution >= 0.6 is 0 Å². The quantitative estimate of drug-likeness (QED) is 0.229. The van der Waals surface area contributed by atoms with Crippen molar-refractivity contribution in [2.24, 2.45) is 10.7 Å². The van der Waals surface area contributed by atoms with E-state index in [0.29, 0.717) is 17.2 Å². The van der Waals surface area contributed by atoms with Crippen LogP contribution in [0.4, 0.5) is 36.7 Å². The Labute approximate surface area is 277 Å². The zero-order chi connectivity index (χ0) is 35.7. The van der Waals surface area contributed by atoms with Gasteiger partial charge in [-0.3, -0.25) is 14.5 Å². The highest BCUT2D eigenvalue weighted by Crippen LogP contribution is 2.39. The number of guanidine groups is 1. The number of anilines is 1. The van der Waals surface area contributed by atoms with Gasteiger partial charge in [0.2, 0.25) is 5.95 Å². The third-order valence-corrected chi connectivity index (χ3v) is 8.71. The lowest BCUT2D eigenvalue weighted by molar-refractivity contribution is -0.138. The molecule has 262 valence electrons. The zero-order valence-electron chi connectivity index (χ0n) is 26.5. The Morgan fingerprint density at radius 1 is 1.10 bits per heavy atom. The average molecular weight is 694 g/mol. The van der Waals surface area contributed by atoms with Crippen LogP contribution in [-0.4, -0.2) is 62.3 Å². The molecule has 1 fully saturated rings. The topological polar surface area (TPSA) is 108 Å². The number of aromatic nitrogens is 2. The van der Waals surface area contributed by atoms with E-state index in [2.05, 4.69) is 21.5 Å². The second-order valence-electron chi connectivity index (χ2n) is 12.1. The summed E-state index contributed by atoms with van der Waals surface area (Å²) in [6.45, 7) is 6.23. The molecule has 0 bridgehead atoms. The predicted octanol–water partition coefficient (Wildman–Crippen LogP) is 6.37. The normalized spacial score (nSPS) is 20.1. The number of alkyl halides is 6. The first kappa shape index (κ1) is 35.5. The summed E-state index contributed by atoms with van der Waals surface area (Å²) in [5.41, 5.74) is 3.30. The Morgan fingerprint density at radius 3 is 2.47 bits per heavy atom. The van der Waals surface area contributed by atoms with Crippen molar-refractivity contribution in [3.63, 3.8) is 0 Å². The number of benzene rings is 1. The van der Waals surface area contributed by atoms with E-state index in [-0.39, 0.29) is 24.2 Å². The number of carbonyl (C=O) groups excluding carboxylic acids is 2. The summed E-state index contributed by atoms with van der Waals surface area (Å²) in [5, 5.41) is 0. The minimum absolute atomic E-state index is 0.00984. The standard InChI is InChI=1S/C33H34F7N7O2/c1-3-23(34)9-7-20(2)31(11-6-12-32(35,36)37)28(49)47(29(41)44-31)17-21-8-10-25(33(38,39)40)24(15-21)27(48)46-18-22-16-42-30(43-26(22)19-46)45-13-4-5-14-45/h3,7-10,15-16H,2,4-6,11-14,17-19H2,1H3,(H2,41,44)/b9-7-,23-3+/t31-/m1/s1. The number of nitrogens with zero attached hydrogens (tertiary/aromatic N) is 6. The number of amides is 2. The molecule has 0 unspecified atom stereocenters. The van der Waals surface area contributed by atoms with Crippen LogP contribution < -0.4 is 10.6 Å². The molecule has 3 aliphatic heterocycles. The SMILES string of the molecule is C=C(/C=C\C(F)=C/C)[C@@]1(CCCC(F)(F)F)N=C(N)N(Cc2ccc(C(F)(F)F)c(C(=O)N3Cc4cnc(N5CCCC5)nc4C3)c2)C1=O. The van der Waals surface area contributed by atoms with E-state index in [1.54, 1.807) is 6.20 Å². The van der Waals surface area contributed by atoms with Crippen LogP contribution in [0.5, 0.6) is 0 Å². The third-order valence-electron chi connectivity index (χ3n) is 8.71. The Hall–Kier alpha value is -4.76. The molecule has 1 atom stereocenters. The number of fused-ring (bicyclic) bond motifs is 1. The van der Waals surface area contributed by atoms with Crippen molar-refractivity contribution in [2.75, 3.05) is 18.0 Å². The highest BCUT2D eigenvalue weighted by molar-refractivity contribution is 6.09. The van der Waals surface area contributed by atoms with Crippen LogP contribution in [0.1, 0.15) is 71.8 Å². The van der Waals surface area contributed by atoms with Gasteiger partial charge in [0, 0.05) is 37.8 Å². The average Bonchev–Trinajstić information content (AvgIpc) is 3.78. The molecule has 5 rings (SSSR count). The molecule has 1 aromatic heterocycles. The minimum atomic E-state index is -4.90. The maximum Gasteiger partial charge on any atom is 0.417 e. The van der Waals surface area contributed by atoms with E-state index in [9.17, 15) is 40.3 Å². The van der Waals surface area contributed by atoms with Gasteiger partial charge in [0.25, 0.3) is 11.8 Å². The van der Waals surface area contributed by atoms with Crippen molar-refractivity contribution in [3.05, 3.63) is 88.6 Å². The summed E-state index contributed by atoms with van der Waals surface area (Å²) in [4.78, 5) is 44.7. The summed E-state index contributed by atoms with van der Waals surface area (Å²) < 4.78 is 95.4. The van der Waals surface area contributed by atoms with Crippen molar-refractivity contribution in [3.8, 4) is 0 Å². The van der Waals surface area contributed by atoms with E-state index in [0.717, 1.165) is 67.3 Å². The highest BCUT2D eigenvalue weighted by Gasteiger charge is 2.49. The minimum Gasteiger partial charge on any atom is -0.369 e. The fourth-order valence-corrected chi connectivity index (χ4v) is 6.10. The van der Waals surface area contributed by atoms with Gasteiger partial charge >= 0.3 is 12.4 Å². The molecule has 2 N–H and O–H groups in total. The second-order valence-corrected chi connectivity index (χ2v) is 12.1. The summed E-state index contributed by atoms with van der Waals surface area (Å²) >= 11 is 0. The van der Waals surface area contributed by atoms with Gasteiger partial charge in [0.1, 0.15) is 5.83 Å². The summed E-state index contributed by atoms with van der Waals surface area (Å²) in [7, 11) is 0. The van der Waals surface area contributed by atoms with Gasteiger partial charge in [-0.05, 0) is 62.0 Å². The van der Waals surface area contributed by atoms with Crippen LogP contribution in [-0.2, 0) is 30.6 Å². The lowest BCUT2D eigenvalue weighted by atomic mass is 9.84. The van der Waals surface area contributed by atoms with Crippen molar-refractivity contribution in [1.82, 2.24) is 19.8 Å². The first-order valence-corrected chi connectivity index (χ1v) is 15.5. The first-order chi connectivity index (χ1) is 23.0. The number of rotatable bonds is 10. The van der Waals surface area contributed by atoms with Crippen LogP contribution in [0.25, 0.3) is 0 Å². The molecule has 1 saturated heterocycles. The number of carbonyl (C=O) groups is 2. The van der Waals surface area contributed by atoms with Crippen LogP contribution in [0, 0.1) is 0 Å². The molecule has 2 amide bonds. The molecule has 0 saturated carbocycles. The summed E-state index contributed by atoms with van der Waals surface area (Å²) in [6, 6.07) is 2.81. The van der Waals surface area contributed by atoms with Gasteiger partial charge in [0.15, 0.2) is 11.5 Å². The van der Waals surface area contributed by atoms with Gasteiger partial charge < -0.3 is 15.5 Å². The summed E-state index contributed by atoms with van der Waals surface area (Å²) in [6.07, 6.45) is -4.94. The van der Waals surface area contributed by atoms with Gasteiger partial charge in [-0.25, -0.2) is 19.4 Å². The molecule has 9 nitrogen and oxygen atoms in total. The van der Waals surface area contributed by atoms with Crippen molar-refractivity contribution < 1.29 is 40.3 Å². The lowest BCUT2D eigenvalue weighted by Crippen LogP contribution is -2.44. The molecule has 0 spiro atoms. The van der Waals surface area contributed by atoms with Crippen LogP contribution in [0.2, 0.25) is 0 Å². The number of hydrogen-bond acceptors (Lipinski definition) is 7. The van der Waals surface area contributed by atoms with Crippen LogP contribution in [0.3, 0.4) is 0 Å². The fourth-order valence-electron chi connectivity index (χ4n) is 6.10. The lowest BCUT2D eigenvalue weighted by Gasteiger charge is -2.27. The molecule has 49 heavy (non-hydrogen) atoms. The number of nitrogens with two attached hydrogens (primary N) is 1. The van der Waals surface area contributed by atoms with Crippen molar-refractivity contribution in [2.45, 2.75) is 76.6 Å². The predicted molar refractivity (Wildman–Crippen MR) is 166 cm³/mol. The number of aliphatic imine (C=N–C) groups is 1. The second kappa shape index (κ2) is 13.6. The van der Waals surface area contributed by atoms with Gasteiger partial charge in [0.05, 0.1) is 29.9 Å². The molecule has 0 radical (unpaired) electrons. The zero-order valence-corrected chi connectivity index (χ0v) is 26.5. The summed E-state index contributed by atoms with van der Waals surface area (Å²) in [5.74, 6) is -2.44. The molecule has 1 aromatic carbocycles. The smallest absolute Gasteiger partial charge is 0.369 e. The van der Waals surface area contributed by atoms with E-state index >= 15 is 0 Å². The molecule has 2 aromatic rings. The van der Waals surface area contributed by atoms with E-state index in [1.165, 1.54) is 11.8 Å². The third kappa shape index (κ3) is 7.62. The molecule has 3 aliphatic rings.